The van der Waals surface area contributed by atoms with Crippen molar-refractivity contribution in [3.63, 3.8) is 0 Å². The summed E-state index contributed by atoms with van der Waals surface area (Å²) < 4.78 is 15.5. The SMILES string of the molecule is [2H]C12CC(C1)S[C@]([2H])(CC=C)S2. The summed E-state index contributed by atoms with van der Waals surface area (Å²) in [7, 11) is 0. The van der Waals surface area contributed by atoms with Crippen molar-refractivity contribution in [1.82, 2.24) is 0 Å². The van der Waals surface area contributed by atoms with Crippen molar-refractivity contribution >= 4 is 23.5 Å². The van der Waals surface area contributed by atoms with Crippen molar-refractivity contribution in [2.75, 3.05) is 0 Å². The minimum Gasteiger partial charge on any atom is -0.144 e. The van der Waals surface area contributed by atoms with Gasteiger partial charge in [0.25, 0.3) is 0 Å². The summed E-state index contributed by atoms with van der Waals surface area (Å²) in [5.74, 6) is 0. The maximum Gasteiger partial charge on any atom is 0.0542 e. The van der Waals surface area contributed by atoms with Crippen molar-refractivity contribution in [2.24, 2.45) is 0 Å². The fraction of sp³-hybridized carbons (Fsp3) is 0.750. The lowest BCUT2D eigenvalue weighted by Gasteiger charge is -2.43. The van der Waals surface area contributed by atoms with Gasteiger partial charge in [0.2, 0.25) is 0 Å². The van der Waals surface area contributed by atoms with E-state index >= 15 is 0 Å². The number of hydrogen-bond donors (Lipinski definition) is 0. The highest BCUT2D eigenvalue weighted by Crippen LogP contribution is 2.52. The molecule has 10 heavy (non-hydrogen) atoms. The minimum absolute atomic E-state index is 0.333. The smallest absolute Gasteiger partial charge is 0.0542 e. The summed E-state index contributed by atoms with van der Waals surface area (Å²) in [6, 6.07) is 0. The Morgan fingerprint density at radius 2 is 2.40 bits per heavy atom. The first kappa shape index (κ1) is 5.15. The molecule has 0 aromatic heterocycles. The predicted octanol–water partition coefficient (Wildman–Crippen LogP) is 2.90. The van der Waals surface area contributed by atoms with E-state index in [1.54, 1.807) is 17.8 Å². The van der Waals surface area contributed by atoms with E-state index in [9.17, 15) is 0 Å². The van der Waals surface area contributed by atoms with Crippen LogP contribution < -0.4 is 0 Å². The molecule has 0 spiro atoms. The zero-order chi connectivity index (χ0) is 8.82. The highest BCUT2D eigenvalue weighted by molar-refractivity contribution is 8.18. The van der Waals surface area contributed by atoms with Crippen LogP contribution in [-0.4, -0.2) is 15.0 Å². The molecule has 0 radical (unpaired) electrons. The highest BCUT2D eigenvalue weighted by atomic mass is 32.2. The molecule has 0 aromatic carbocycles. The van der Waals surface area contributed by atoms with Crippen molar-refractivity contribution in [2.45, 2.75) is 34.3 Å². The monoisotopic (exact) mass is 174 g/mol. The molecule has 3 aliphatic rings. The average molecular weight is 174 g/mol. The van der Waals surface area contributed by atoms with Gasteiger partial charge in [0.15, 0.2) is 0 Å². The van der Waals surface area contributed by atoms with Gasteiger partial charge in [-0.3, -0.25) is 0 Å². The summed E-state index contributed by atoms with van der Waals surface area (Å²) in [6.45, 7) is 3.65. The Kier molecular flexibility index (Phi) is 1.45. The number of thioether (sulfide) groups is 2. The van der Waals surface area contributed by atoms with Crippen LogP contribution in [0.4, 0.5) is 0 Å². The maximum atomic E-state index is 8.04. The molecular weight excluding hydrogens is 160 g/mol. The van der Waals surface area contributed by atoms with E-state index in [0.717, 1.165) is 12.8 Å². The standard InChI is InChI=1S/C8H12S2/c1-2-3-8-9-6-4-7(5-6)10-8/h2,6-8H,1,3-5H2/i6D,8D/t6?,7?,8-/m1/s1. The Morgan fingerprint density at radius 1 is 1.60 bits per heavy atom. The van der Waals surface area contributed by atoms with Gasteiger partial charge in [0.1, 0.15) is 0 Å². The van der Waals surface area contributed by atoms with Gasteiger partial charge < -0.3 is 0 Å². The minimum atomic E-state index is -0.509. The lowest BCUT2D eigenvalue weighted by atomic mass is 9.99. The number of allylic oxidation sites excluding steroid dienone is 1. The van der Waals surface area contributed by atoms with Crippen LogP contribution in [0.3, 0.4) is 0 Å². The molecule has 0 unspecified atom stereocenters. The van der Waals surface area contributed by atoms with Gasteiger partial charge in [-0.25, -0.2) is 0 Å². The summed E-state index contributed by atoms with van der Waals surface area (Å²) in [6.07, 6.45) is 4.43. The van der Waals surface area contributed by atoms with Crippen LogP contribution in [0.5, 0.6) is 0 Å². The van der Waals surface area contributed by atoms with Crippen molar-refractivity contribution < 1.29 is 2.74 Å². The van der Waals surface area contributed by atoms with E-state index in [2.05, 4.69) is 6.58 Å². The Balaban J connectivity index is 2.06. The molecule has 1 aliphatic carbocycles. The van der Waals surface area contributed by atoms with E-state index in [0.29, 0.717) is 11.7 Å². The molecule has 56 valence electrons. The zero-order valence-electron chi connectivity index (χ0n) is 7.80. The van der Waals surface area contributed by atoms with Crippen molar-refractivity contribution in [3.8, 4) is 0 Å². The van der Waals surface area contributed by atoms with Gasteiger partial charge in [-0.1, -0.05) is 6.08 Å². The van der Waals surface area contributed by atoms with Gasteiger partial charge in [0, 0.05) is 11.8 Å². The zero-order valence-corrected chi connectivity index (χ0v) is 7.43. The topological polar surface area (TPSA) is 0 Å². The predicted molar refractivity (Wildman–Crippen MR) is 50.6 cm³/mol. The summed E-state index contributed by atoms with van der Waals surface area (Å²) in [4.78, 5) is 0. The van der Waals surface area contributed by atoms with Crippen LogP contribution in [0.25, 0.3) is 0 Å². The summed E-state index contributed by atoms with van der Waals surface area (Å²) in [5, 5.41) is 0.238. The van der Waals surface area contributed by atoms with Gasteiger partial charge in [-0.15, -0.1) is 30.1 Å². The largest absolute Gasteiger partial charge is 0.144 e. The molecular formula is C8H12S2. The first-order chi connectivity index (χ1) is 5.55. The molecule has 2 bridgehead atoms. The van der Waals surface area contributed by atoms with Gasteiger partial charge in [-0.05, 0) is 19.3 Å². The van der Waals surface area contributed by atoms with Gasteiger partial charge in [0.05, 0.1) is 5.93 Å². The molecule has 3 fully saturated rings. The second-order valence-electron chi connectivity index (χ2n) is 2.65. The number of hydrogen-bond acceptors (Lipinski definition) is 2. The Morgan fingerprint density at radius 3 is 3.00 bits per heavy atom. The molecule has 0 nitrogen and oxygen atoms in total. The normalized spacial score (nSPS) is 61.8. The highest BCUT2D eigenvalue weighted by Gasteiger charge is 2.38. The number of rotatable bonds is 2. The van der Waals surface area contributed by atoms with E-state index in [4.69, 9.17) is 2.74 Å². The van der Waals surface area contributed by atoms with Crippen LogP contribution >= 0.6 is 23.5 Å². The maximum absolute atomic E-state index is 8.04. The molecule has 2 heteroatoms. The molecule has 0 aromatic rings. The molecule has 1 saturated carbocycles. The lowest BCUT2D eigenvalue weighted by Crippen LogP contribution is -2.36. The lowest BCUT2D eigenvalue weighted by molar-refractivity contribution is 0.532. The van der Waals surface area contributed by atoms with Gasteiger partial charge >= 0.3 is 0 Å². The molecule has 3 rings (SSSR count). The van der Waals surface area contributed by atoms with Crippen molar-refractivity contribution in [3.05, 3.63) is 12.7 Å². The Bertz CT molecular complexity index is 213. The first-order valence-corrected chi connectivity index (χ1v) is 5.24. The van der Waals surface area contributed by atoms with E-state index in [1.165, 1.54) is 11.8 Å². The fourth-order valence-electron chi connectivity index (χ4n) is 1.19. The van der Waals surface area contributed by atoms with E-state index < -0.39 is 4.56 Å². The molecule has 2 heterocycles. The van der Waals surface area contributed by atoms with Crippen LogP contribution in [0.15, 0.2) is 12.7 Å². The van der Waals surface area contributed by atoms with Gasteiger partial charge in [-0.2, -0.15) is 0 Å². The van der Waals surface area contributed by atoms with Crippen LogP contribution in [-0.2, 0) is 0 Å². The van der Waals surface area contributed by atoms with Crippen LogP contribution in [0.2, 0.25) is 0 Å². The Hall–Kier alpha value is 0.440. The second kappa shape index (κ2) is 2.82. The second-order valence-corrected chi connectivity index (χ2v) is 5.58. The third-order valence-corrected chi connectivity index (χ3v) is 4.43. The molecule has 0 amide bonds. The number of fused-ring (bicyclic) bond motifs is 2. The molecule has 0 N–H and O–H groups in total. The molecule has 2 aliphatic heterocycles. The van der Waals surface area contributed by atoms with Crippen LogP contribution in [0, 0.1) is 0 Å². The average Bonchev–Trinajstić information content (AvgIpc) is 1.81. The first-order valence-electron chi connectivity index (χ1n) is 4.54. The Labute approximate surface area is 73.6 Å². The van der Waals surface area contributed by atoms with Crippen molar-refractivity contribution in [1.29, 1.82) is 0 Å². The fourth-order valence-corrected chi connectivity index (χ4v) is 4.61. The van der Waals surface area contributed by atoms with E-state index in [-0.39, 0.29) is 5.23 Å². The van der Waals surface area contributed by atoms with Crippen LogP contribution in [0.1, 0.15) is 22.0 Å². The quantitative estimate of drug-likeness (QED) is 0.590. The summed E-state index contributed by atoms with van der Waals surface area (Å²) >= 11 is 3.22. The third kappa shape index (κ3) is 1.24. The van der Waals surface area contributed by atoms with E-state index in [1.807, 2.05) is 0 Å². The molecule has 2 saturated heterocycles. The molecule has 1 atom stereocenters. The third-order valence-electron chi connectivity index (χ3n) is 1.78. The summed E-state index contributed by atoms with van der Waals surface area (Å²) in [5.41, 5.74) is 0.